The van der Waals surface area contributed by atoms with E-state index < -0.39 is 0 Å². The number of aryl methyl sites for hydroxylation is 1. The van der Waals surface area contributed by atoms with E-state index in [1.54, 1.807) is 0 Å². The number of rotatable bonds is 5. The minimum atomic E-state index is 0.0410. The molecular formula is C11H19N3O. The van der Waals surface area contributed by atoms with Crippen molar-refractivity contribution in [3.05, 3.63) is 17.5 Å². The molecule has 2 rings (SSSR count). The van der Waals surface area contributed by atoms with E-state index in [1.807, 2.05) is 24.9 Å². The summed E-state index contributed by atoms with van der Waals surface area (Å²) in [4.78, 5) is 0. The average molecular weight is 209 g/mol. The van der Waals surface area contributed by atoms with Gasteiger partial charge in [0, 0.05) is 18.3 Å². The van der Waals surface area contributed by atoms with Gasteiger partial charge in [0.15, 0.2) is 0 Å². The van der Waals surface area contributed by atoms with E-state index >= 15 is 0 Å². The van der Waals surface area contributed by atoms with Gasteiger partial charge in [-0.05, 0) is 32.2 Å². The Morgan fingerprint density at radius 2 is 2.40 bits per heavy atom. The van der Waals surface area contributed by atoms with E-state index in [9.17, 15) is 5.11 Å². The van der Waals surface area contributed by atoms with Crippen LogP contribution in [-0.4, -0.2) is 28.0 Å². The van der Waals surface area contributed by atoms with Gasteiger partial charge in [-0.25, -0.2) is 0 Å². The monoisotopic (exact) mass is 209 g/mol. The molecule has 1 aliphatic carbocycles. The number of nitrogens with zero attached hydrogens (tertiary/aromatic N) is 2. The highest BCUT2D eigenvalue weighted by atomic mass is 16.3. The lowest BCUT2D eigenvalue weighted by atomic mass is 10.1. The lowest BCUT2D eigenvalue weighted by Crippen LogP contribution is -2.26. The molecule has 1 aliphatic rings. The molecule has 1 unspecified atom stereocenters. The number of aliphatic hydroxyl groups is 1. The Hall–Kier alpha value is -0.870. The van der Waals surface area contributed by atoms with Crippen molar-refractivity contribution < 1.29 is 5.11 Å². The summed E-state index contributed by atoms with van der Waals surface area (Å²) in [5, 5.41) is 16.9. The van der Waals surface area contributed by atoms with E-state index in [4.69, 9.17) is 0 Å². The van der Waals surface area contributed by atoms with Gasteiger partial charge in [0.05, 0.1) is 18.8 Å². The Morgan fingerprint density at radius 3 is 2.87 bits per heavy atom. The molecule has 0 aliphatic heterocycles. The van der Waals surface area contributed by atoms with Gasteiger partial charge in [-0.1, -0.05) is 0 Å². The minimum absolute atomic E-state index is 0.0410. The Bertz CT molecular complexity index is 331. The summed E-state index contributed by atoms with van der Waals surface area (Å²) in [7, 11) is 1.92. The van der Waals surface area contributed by atoms with Crippen LogP contribution in [0.25, 0.3) is 0 Å². The van der Waals surface area contributed by atoms with Crippen LogP contribution >= 0.6 is 0 Å². The third-order valence-electron chi connectivity index (χ3n) is 3.18. The summed E-state index contributed by atoms with van der Waals surface area (Å²) in [6, 6.07) is 0.0410. The molecule has 0 aromatic carbocycles. The zero-order valence-corrected chi connectivity index (χ0v) is 9.40. The van der Waals surface area contributed by atoms with Crippen molar-refractivity contribution in [3.63, 3.8) is 0 Å². The highest BCUT2D eigenvalue weighted by Crippen LogP contribution is 2.28. The molecule has 0 spiro atoms. The molecule has 1 aromatic rings. The quantitative estimate of drug-likeness (QED) is 0.753. The van der Waals surface area contributed by atoms with Crippen molar-refractivity contribution in [3.8, 4) is 0 Å². The SMILES string of the molecule is Cc1c(C(CO)NCC2CC2)cnn1C. The fourth-order valence-corrected chi connectivity index (χ4v) is 1.76. The first-order valence-electron chi connectivity index (χ1n) is 5.55. The Morgan fingerprint density at radius 1 is 1.67 bits per heavy atom. The van der Waals surface area contributed by atoms with Crippen molar-refractivity contribution in [1.29, 1.82) is 0 Å². The molecule has 1 atom stereocenters. The Kier molecular flexibility index (Phi) is 3.07. The predicted molar refractivity (Wildman–Crippen MR) is 58.5 cm³/mol. The van der Waals surface area contributed by atoms with Crippen LogP contribution < -0.4 is 5.32 Å². The van der Waals surface area contributed by atoms with Gasteiger partial charge in [-0.3, -0.25) is 4.68 Å². The van der Waals surface area contributed by atoms with Crippen LogP contribution in [0.2, 0.25) is 0 Å². The summed E-state index contributed by atoms with van der Waals surface area (Å²) in [6.07, 6.45) is 4.50. The van der Waals surface area contributed by atoms with Crippen molar-refractivity contribution in [2.45, 2.75) is 25.8 Å². The first-order chi connectivity index (χ1) is 7.22. The van der Waals surface area contributed by atoms with Gasteiger partial charge in [0.1, 0.15) is 0 Å². The van der Waals surface area contributed by atoms with Gasteiger partial charge in [-0.2, -0.15) is 5.10 Å². The number of nitrogens with one attached hydrogen (secondary N) is 1. The molecule has 0 saturated heterocycles. The lowest BCUT2D eigenvalue weighted by molar-refractivity contribution is 0.243. The zero-order valence-electron chi connectivity index (χ0n) is 9.40. The molecule has 4 heteroatoms. The molecular weight excluding hydrogens is 190 g/mol. The molecule has 0 bridgehead atoms. The number of hydrogen-bond donors (Lipinski definition) is 2. The van der Waals surface area contributed by atoms with Crippen molar-refractivity contribution in [1.82, 2.24) is 15.1 Å². The third-order valence-corrected chi connectivity index (χ3v) is 3.18. The van der Waals surface area contributed by atoms with Crippen LogP contribution in [0.3, 0.4) is 0 Å². The highest BCUT2D eigenvalue weighted by Gasteiger charge is 2.23. The molecule has 1 aromatic heterocycles. The topological polar surface area (TPSA) is 50.1 Å². The molecule has 4 nitrogen and oxygen atoms in total. The van der Waals surface area contributed by atoms with Crippen LogP contribution in [0.1, 0.15) is 30.1 Å². The van der Waals surface area contributed by atoms with Crippen LogP contribution in [-0.2, 0) is 7.05 Å². The smallest absolute Gasteiger partial charge is 0.0627 e. The largest absolute Gasteiger partial charge is 0.394 e. The molecule has 1 fully saturated rings. The van der Waals surface area contributed by atoms with E-state index in [0.29, 0.717) is 0 Å². The predicted octanol–water partition coefficient (Wildman–Crippen LogP) is 0.762. The van der Waals surface area contributed by atoms with Crippen LogP contribution in [0.5, 0.6) is 0 Å². The first-order valence-corrected chi connectivity index (χ1v) is 5.55. The fourth-order valence-electron chi connectivity index (χ4n) is 1.76. The average Bonchev–Trinajstić information content (AvgIpc) is 3.00. The third kappa shape index (κ3) is 2.38. The zero-order chi connectivity index (χ0) is 10.8. The molecule has 0 radical (unpaired) electrons. The van der Waals surface area contributed by atoms with Gasteiger partial charge < -0.3 is 10.4 Å². The molecule has 84 valence electrons. The second kappa shape index (κ2) is 4.33. The summed E-state index contributed by atoms with van der Waals surface area (Å²) in [5.41, 5.74) is 2.23. The van der Waals surface area contributed by atoms with Crippen molar-refractivity contribution >= 4 is 0 Å². The summed E-state index contributed by atoms with van der Waals surface area (Å²) < 4.78 is 1.84. The molecule has 0 amide bonds. The van der Waals surface area contributed by atoms with Crippen LogP contribution in [0.4, 0.5) is 0 Å². The second-order valence-corrected chi connectivity index (χ2v) is 4.40. The fraction of sp³-hybridized carbons (Fsp3) is 0.727. The van der Waals surface area contributed by atoms with E-state index in [0.717, 1.165) is 23.7 Å². The number of aromatic nitrogens is 2. The molecule has 15 heavy (non-hydrogen) atoms. The van der Waals surface area contributed by atoms with Gasteiger partial charge in [0.25, 0.3) is 0 Å². The Balaban J connectivity index is 2.00. The van der Waals surface area contributed by atoms with Gasteiger partial charge >= 0.3 is 0 Å². The maximum absolute atomic E-state index is 9.35. The van der Waals surface area contributed by atoms with Crippen molar-refractivity contribution in [2.75, 3.05) is 13.2 Å². The second-order valence-electron chi connectivity index (χ2n) is 4.40. The standard InChI is InChI=1S/C11H19N3O/c1-8-10(6-13-14(8)2)11(7-15)12-5-9-3-4-9/h6,9,11-12,15H,3-5,7H2,1-2H3. The van der Waals surface area contributed by atoms with Crippen LogP contribution in [0, 0.1) is 12.8 Å². The Labute approximate surface area is 90.3 Å². The highest BCUT2D eigenvalue weighted by molar-refractivity contribution is 5.20. The minimum Gasteiger partial charge on any atom is -0.394 e. The number of hydrogen-bond acceptors (Lipinski definition) is 3. The first kappa shape index (κ1) is 10.6. The van der Waals surface area contributed by atoms with E-state index in [2.05, 4.69) is 10.4 Å². The van der Waals surface area contributed by atoms with E-state index in [-0.39, 0.29) is 12.6 Å². The van der Waals surface area contributed by atoms with Crippen molar-refractivity contribution in [2.24, 2.45) is 13.0 Å². The normalized spacial score (nSPS) is 18.1. The summed E-state index contributed by atoms with van der Waals surface area (Å²) in [6.45, 7) is 3.18. The van der Waals surface area contributed by atoms with Crippen LogP contribution in [0.15, 0.2) is 6.20 Å². The lowest BCUT2D eigenvalue weighted by Gasteiger charge is -2.15. The maximum Gasteiger partial charge on any atom is 0.0627 e. The molecule has 1 heterocycles. The van der Waals surface area contributed by atoms with Gasteiger partial charge in [-0.15, -0.1) is 0 Å². The molecule has 2 N–H and O–H groups in total. The number of aliphatic hydroxyl groups excluding tert-OH is 1. The molecule has 1 saturated carbocycles. The van der Waals surface area contributed by atoms with E-state index in [1.165, 1.54) is 12.8 Å². The summed E-state index contributed by atoms with van der Waals surface area (Å²) in [5.74, 6) is 0.830. The van der Waals surface area contributed by atoms with Gasteiger partial charge in [0.2, 0.25) is 0 Å². The summed E-state index contributed by atoms with van der Waals surface area (Å²) >= 11 is 0. The maximum atomic E-state index is 9.35.